The first-order valence-electron chi connectivity index (χ1n) is 12.4. The summed E-state index contributed by atoms with van der Waals surface area (Å²) >= 11 is 12.5. The molecule has 2 aliphatic carbocycles. The number of hydrogen-bond donors (Lipinski definition) is 4. The van der Waals surface area contributed by atoms with Gasteiger partial charge < -0.3 is 15.7 Å². The van der Waals surface area contributed by atoms with Crippen LogP contribution in [0.1, 0.15) is 62.5 Å². The fourth-order valence-corrected chi connectivity index (χ4v) is 7.79. The highest BCUT2D eigenvalue weighted by molar-refractivity contribution is 6.31. The summed E-state index contributed by atoms with van der Waals surface area (Å²) in [4.78, 5) is 28.0. The molecule has 190 valence electrons. The van der Waals surface area contributed by atoms with E-state index in [2.05, 4.69) is 16.0 Å². The van der Waals surface area contributed by atoms with Crippen molar-refractivity contribution in [2.75, 3.05) is 5.32 Å². The summed E-state index contributed by atoms with van der Waals surface area (Å²) in [7, 11) is 0. The first-order valence-corrected chi connectivity index (χ1v) is 13.2. The summed E-state index contributed by atoms with van der Waals surface area (Å²) in [6, 6.07) is 8.96. The summed E-state index contributed by atoms with van der Waals surface area (Å²) in [5.41, 5.74) is -1.25. The van der Waals surface area contributed by atoms with Gasteiger partial charge in [0.15, 0.2) is 0 Å². The van der Waals surface area contributed by atoms with Crippen molar-refractivity contribution >= 4 is 40.7 Å². The van der Waals surface area contributed by atoms with Gasteiger partial charge in [-0.05, 0) is 61.9 Å². The predicted octanol–water partition coefficient (Wildman–Crippen LogP) is 4.42. The number of amides is 2. The largest absolute Gasteiger partial charge is 0.390 e. The molecule has 2 amide bonds. The number of nitrogens with one attached hydrogen (secondary N) is 3. The number of benzene rings is 2. The molecule has 4 N–H and O–H groups in total. The van der Waals surface area contributed by atoms with Gasteiger partial charge in [0.05, 0.1) is 16.7 Å². The van der Waals surface area contributed by atoms with Gasteiger partial charge in [-0.2, -0.15) is 0 Å². The number of carbonyl (C=O) groups is 2. The van der Waals surface area contributed by atoms with Crippen LogP contribution >= 0.6 is 23.2 Å². The van der Waals surface area contributed by atoms with Crippen LogP contribution < -0.4 is 16.0 Å². The lowest BCUT2D eigenvalue weighted by Gasteiger charge is -2.42. The van der Waals surface area contributed by atoms with Crippen LogP contribution in [0.4, 0.5) is 10.1 Å². The molecular formula is C27H28Cl2FN3O3. The van der Waals surface area contributed by atoms with Gasteiger partial charge in [-0.1, -0.05) is 54.2 Å². The molecule has 2 aliphatic heterocycles. The van der Waals surface area contributed by atoms with Gasteiger partial charge in [-0.25, -0.2) is 4.39 Å². The summed E-state index contributed by atoms with van der Waals surface area (Å²) in [6.45, 7) is 1.74. The van der Waals surface area contributed by atoms with Crippen molar-refractivity contribution in [2.45, 2.75) is 80.0 Å². The molecule has 3 fully saturated rings. The second-order valence-corrected chi connectivity index (χ2v) is 11.9. The zero-order valence-electron chi connectivity index (χ0n) is 19.8. The molecular weight excluding hydrogens is 504 g/mol. The van der Waals surface area contributed by atoms with Crippen LogP contribution in [0.2, 0.25) is 10.0 Å². The number of hydrogen-bond acceptors (Lipinski definition) is 4. The minimum atomic E-state index is -1.23. The Hall–Kier alpha value is -2.19. The van der Waals surface area contributed by atoms with E-state index >= 15 is 4.39 Å². The third-order valence-corrected chi connectivity index (χ3v) is 9.30. The Balaban J connectivity index is 1.55. The van der Waals surface area contributed by atoms with Crippen LogP contribution in [0.15, 0.2) is 36.4 Å². The third-order valence-electron chi connectivity index (χ3n) is 8.77. The molecule has 3 atom stereocenters. The normalized spacial score (nSPS) is 34.0. The van der Waals surface area contributed by atoms with E-state index in [0.717, 1.165) is 18.4 Å². The Morgan fingerprint density at radius 2 is 1.89 bits per heavy atom. The Morgan fingerprint density at radius 1 is 1.17 bits per heavy atom. The van der Waals surface area contributed by atoms with E-state index in [0.29, 0.717) is 36.4 Å². The molecule has 0 bridgehead atoms. The second kappa shape index (κ2) is 8.15. The zero-order valence-corrected chi connectivity index (χ0v) is 21.3. The molecule has 3 unspecified atom stereocenters. The highest BCUT2D eigenvalue weighted by atomic mass is 35.5. The minimum Gasteiger partial charge on any atom is -0.390 e. The third kappa shape index (κ3) is 3.29. The quantitative estimate of drug-likeness (QED) is 0.471. The first-order chi connectivity index (χ1) is 17.1. The van der Waals surface area contributed by atoms with Gasteiger partial charge in [0.2, 0.25) is 11.8 Å². The van der Waals surface area contributed by atoms with Gasteiger partial charge in [0, 0.05) is 28.2 Å². The standard InChI is InChI=1S/C27H28Cl2FN3O3/c1-25(36)12-15(13-25)31-23(34)22-20(16-5-4-6-18(29)21(16)30)27(26(33-22)9-2-3-10-26)17-8-7-14(28)11-19(17)32-24(27)35/h4-8,11,15,20,22,33,36H,2-3,9-10,12-13H2,1H3,(H,31,34)(H,32,35). The van der Waals surface area contributed by atoms with Gasteiger partial charge in [-0.3, -0.25) is 14.9 Å². The molecule has 4 aliphatic rings. The fourth-order valence-electron chi connectivity index (χ4n) is 7.44. The Labute approximate surface area is 218 Å². The number of aliphatic hydroxyl groups is 1. The van der Waals surface area contributed by atoms with E-state index in [1.807, 2.05) is 6.07 Å². The van der Waals surface area contributed by atoms with Gasteiger partial charge in [-0.15, -0.1) is 0 Å². The second-order valence-electron chi connectivity index (χ2n) is 11.1. The van der Waals surface area contributed by atoms with E-state index in [1.165, 1.54) is 6.07 Å². The van der Waals surface area contributed by atoms with E-state index in [1.54, 1.807) is 31.2 Å². The zero-order chi connectivity index (χ0) is 25.5. The number of rotatable bonds is 3. The summed E-state index contributed by atoms with van der Waals surface area (Å²) < 4.78 is 15.7. The number of halogens is 3. The highest BCUT2D eigenvalue weighted by Crippen LogP contribution is 2.63. The van der Waals surface area contributed by atoms with Crippen molar-refractivity contribution < 1.29 is 19.1 Å². The molecule has 2 aromatic carbocycles. The molecule has 1 saturated heterocycles. The molecule has 2 heterocycles. The monoisotopic (exact) mass is 531 g/mol. The smallest absolute Gasteiger partial charge is 0.238 e. The molecule has 2 aromatic rings. The Kier molecular flexibility index (Phi) is 5.47. The Bertz CT molecular complexity index is 1270. The van der Waals surface area contributed by atoms with Gasteiger partial charge in [0.25, 0.3) is 0 Å². The van der Waals surface area contributed by atoms with Crippen LogP contribution in [0.5, 0.6) is 0 Å². The molecule has 9 heteroatoms. The highest BCUT2D eigenvalue weighted by Gasteiger charge is 2.73. The Morgan fingerprint density at radius 3 is 2.58 bits per heavy atom. The fraction of sp³-hybridized carbons (Fsp3) is 0.481. The van der Waals surface area contributed by atoms with E-state index < -0.39 is 34.3 Å². The maximum absolute atomic E-state index is 15.7. The van der Waals surface area contributed by atoms with Crippen LogP contribution in [0.25, 0.3) is 0 Å². The molecule has 2 spiro atoms. The average molecular weight is 532 g/mol. The first kappa shape index (κ1) is 24.2. The van der Waals surface area contributed by atoms with Crippen molar-refractivity contribution in [1.82, 2.24) is 10.6 Å². The maximum atomic E-state index is 15.7. The lowest BCUT2D eigenvalue weighted by molar-refractivity contribution is -0.127. The molecule has 2 saturated carbocycles. The molecule has 36 heavy (non-hydrogen) atoms. The number of anilines is 1. The van der Waals surface area contributed by atoms with E-state index in [4.69, 9.17) is 23.2 Å². The maximum Gasteiger partial charge on any atom is 0.238 e. The summed E-state index contributed by atoms with van der Waals surface area (Å²) in [5.74, 6) is -2.05. The van der Waals surface area contributed by atoms with Crippen molar-refractivity contribution in [3.05, 3.63) is 63.4 Å². The molecule has 6 rings (SSSR count). The van der Waals surface area contributed by atoms with Crippen molar-refractivity contribution in [2.24, 2.45) is 0 Å². The number of carbonyl (C=O) groups excluding carboxylic acids is 2. The van der Waals surface area contributed by atoms with Crippen LogP contribution in [-0.4, -0.2) is 40.1 Å². The minimum absolute atomic E-state index is 0.0565. The molecule has 0 radical (unpaired) electrons. The van der Waals surface area contributed by atoms with Gasteiger partial charge >= 0.3 is 0 Å². The molecule has 0 aromatic heterocycles. The lowest BCUT2D eigenvalue weighted by Crippen LogP contribution is -2.58. The van der Waals surface area contributed by atoms with Crippen LogP contribution in [0, 0.1) is 5.82 Å². The van der Waals surface area contributed by atoms with Crippen molar-refractivity contribution in [3.8, 4) is 0 Å². The SMILES string of the molecule is CC1(O)CC(NC(=O)C2NC3(CCCC3)C3(C(=O)Nc4cc(Cl)ccc43)C2c2cccc(Cl)c2F)C1. The van der Waals surface area contributed by atoms with Crippen molar-refractivity contribution in [1.29, 1.82) is 0 Å². The van der Waals surface area contributed by atoms with Crippen molar-refractivity contribution in [3.63, 3.8) is 0 Å². The topological polar surface area (TPSA) is 90.5 Å². The van der Waals surface area contributed by atoms with E-state index in [9.17, 15) is 14.7 Å². The lowest BCUT2D eigenvalue weighted by atomic mass is 9.58. The van der Waals surface area contributed by atoms with E-state index in [-0.39, 0.29) is 28.4 Å². The van der Waals surface area contributed by atoms with Crippen LogP contribution in [0.3, 0.4) is 0 Å². The van der Waals surface area contributed by atoms with Gasteiger partial charge in [0.1, 0.15) is 11.2 Å². The average Bonchev–Trinajstić information content (AvgIpc) is 3.46. The summed E-state index contributed by atoms with van der Waals surface area (Å²) in [6.07, 6.45) is 4.00. The predicted molar refractivity (Wildman–Crippen MR) is 136 cm³/mol. The summed E-state index contributed by atoms with van der Waals surface area (Å²) in [5, 5.41) is 20.2. The number of fused-ring (bicyclic) bond motifs is 3. The molecule has 6 nitrogen and oxygen atoms in total. The van der Waals surface area contributed by atoms with Crippen LogP contribution in [-0.2, 0) is 15.0 Å².